The third kappa shape index (κ3) is 3.04. The highest BCUT2D eigenvalue weighted by atomic mass is 16.5. The maximum Gasteiger partial charge on any atom is 0.119 e. The van der Waals surface area contributed by atoms with Crippen molar-refractivity contribution < 1.29 is 4.74 Å². The predicted octanol–water partition coefficient (Wildman–Crippen LogP) is 2.33. The number of ether oxygens (including phenoxy) is 1. The Bertz CT molecular complexity index is 471. The lowest BCUT2D eigenvalue weighted by Crippen LogP contribution is -2.14. The summed E-state index contributed by atoms with van der Waals surface area (Å²) in [6.45, 7) is 0. The van der Waals surface area contributed by atoms with Crippen molar-refractivity contribution in [3.63, 3.8) is 0 Å². The molecule has 2 rings (SSSR count). The standard InChI is InChI=1S/C14H16N2O/c1-17-13-7-4-5-11(9-13)14(15)10-12-6-2-3-8-16-12/h2-9,14H,10,15H2,1H3. The smallest absolute Gasteiger partial charge is 0.119 e. The van der Waals surface area contributed by atoms with Gasteiger partial charge in [-0.15, -0.1) is 0 Å². The molecule has 1 aromatic carbocycles. The lowest BCUT2D eigenvalue weighted by molar-refractivity contribution is 0.413. The monoisotopic (exact) mass is 228 g/mol. The van der Waals surface area contributed by atoms with Crippen LogP contribution < -0.4 is 10.5 Å². The van der Waals surface area contributed by atoms with Gasteiger partial charge >= 0.3 is 0 Å². The number of pyridine rings is 1. The summed E-state index contributed by atoms with van der Waals surface area (Å²) < 4.78 is 5.18. The highest BCUT2D eigenvalue weighted by molar-refractivity contribution is 5.31. The van der Waals surface area contributed by atoms with E-state index in [9.17, 15) is 0 Å². The van der Waals surface area contributed by atoms with Crippen LogP contribution in [0.2, 0.25) is 0 Å². The summed E-state index contributed by atoms with van der Waals surface area (Å²) in [4.78, 5) is 4.28. The molecule has 0 bridgehead atoms. The average Bonchev–Trinajstić information content (AvgIpc) is 2.40. The molecule has 1 aromatic heterocycles. The first-order valence-corrected chi connectivity index (χ1v) is 5.59. The van der Waals surface area contributed by atoms with E-state index in [1.807, 2.05) is 42.5 Å². The van der Waals surface area contributed by atoms with Crippen molar-refractivity contribution in [1.82, 2.24) is 4.98 Å². The molecular weight excluding hydrogens is 212 g/mol. The molecule has 88 valence electrons. The van der Waals surface area contributed by atoms with E-state index in [1.54, 1.807) is 13.3 Å². The molecule has 1 unspecified atom stereocenters. The Balaban J connectivity index is 2.11. The van der Waals surface area contributed by atoms with Gasteiger partial charge in [0.1, 0.15) is 5.75 Å². The lowest BCUT2D eigenvalue weighted by atomic mass is 10.0. The molecule has 1 heterocycles. The zero-order chi connectivity index (χ0) is 12.1. The molecule has 0 amide bonds. The zero-order valence-corrected chi connectivity index (χ0v) is 9.84. The van der Waals surface area contributed by atoms with Gasteiger partial charge in [0.15, 0.2) is 0 Å². The van der Waals surface area contributed by atoms with Crippen molar-refractivity contribution in [2.75, 3.05) is 7.11 Å². The van der Waals surface area contributed by atoms with Gasteiger partial charge in [-0.25, -0.2) is 0 Å². The number of nitrogens with two attached hydrogens (primary N) is 1. The fourth-order valence-electron chi connectivity index (χ4n) is 1.73. The van der Waals surface area contributed by atoms with Crippen LogP contribution in [0, 0.1) is 0 Å². The number of hydrogen-bond acceptors (Lipinski definition) is 3. The van der Waals surface area contributed by atoms with Crippen LogP contribution in [0.5, 0.6) is 5.75 Å². The van der Waals surface area contributed by atoms with Gasteiger partial charge in [0.25, 0.3) is 0 Å². The van der Waals surface area contributed by atoms with Crippen LogP contribution in [-0.2, 0) is 6.42 Å². The van der Waals surface area contributed by atoms with Crippen LogP contribution in [-0.4, -0.2) is 12.1 Å². The maximum atomic E-state index is 6.16. The molecule has 0 fully saturated rings. The Kier molecular flexibility index (Phi) is 3.73. The quantitative estimate of drug-likeness (QED) is 0.873. The number of aromatic nitrogens is 1. The molecule has 3 nitrogen and oxygen atoms in total. The minimum Gasteiger partial charge on any atom is -0.497 e. The van der Waals surface area contributed by atoms with E-state index >= 15 is 0 Å². The molecule has 17 heavy (non-hydrogen) atoms. The summed E-state index contributed by atoms with van der Waals surface area (Å²) in [6, 6.07) is 13.6. The van der Waals surface area contributed by atoms with Crippen LogP contribution >= 0.6 is 0 Å². The van der Waals surface area contributed by atoms with Gasteiger partial charge in [0.05, 0.1) is 7.11 Å². The van der Waals surface area contributed by atoms with E-state index in [4.69, 9.17) is 10.5 Å². The normalized spacial score (nSPS) is 12.1. The molecule has 3 heteroatoms. The summed E-state index contributed by atoms with van der Waals surface area (Å²) in [5.74, 6) is 0.832. The van der Waals surface area contributed by atoms with Crippen LogP contribution in [0.4, 0.5) is 0 Å². The SMILES string of the molecule is COc1cccc(C(N)Cc2ccccn2)c1. The summed E-state index contributed by atoms with van der Waals surface area (Å²) >= 11 is 0. The van der Waals surface area contributed by atoms with Crippen molar-refractivity contribution in [2.45, 2.75) is 12.5 Å². The van der Waals surface area contributed by atoms with Crippen LogP contribution in [0.3, 0.4) is 0 Å². The molecule has 0 saturated heterocycles. The Morgan fingerprint density at radius 3 is 2.82 bits per heavy atom. The van der Waals surface area contributed by atoms with Gasteiger partial charge in [0, 0.05) is 24.4 Å². The maximum absolute atomic E-state index is 6.16. The summed E-state index contributed by atoms with van der Waals surface area (Å²) in [5, 5.41) is 0. The molecular formula is C14H16N2O. The summed E-state index contributed by atoms with van der Waals surface area (Å²) in [6.07, 6.45) is 2.52. The Hall–Kier alpha value is -1.87. The van der Waals surface area contributed by atoms with E-state index < -0.39 is 0 Å². The second kappa shape index (κ2) is 5.46. The second-order valence-electron chi connectivity index (χ2n) is 3.91. The Morgan fingerprint density at radius 1 is 1.24 bits per heavy atom. The summed E-state index contributed by atoms with van der Waals surface area (Å²) in [7, 11) is 1.66. The van der Waals surface area contributed by atoms with Crippen molar-refractivity contribution in [2.24, 2.45) is 5.73 Å². The van der Waals surface area contributed by atoms with E-state index in [0.717, 1.165) is 23.4 Å². The first-order valence-electron chi connectivity index (χ1n) is 5.59. The van der Waals surface area contributed by atoms with Gasteiger partial charge in [-0.3, -0.25) is 4.98 Å². The topological polar surface area (TPSA) is 48.1 Å². The van der Waals surface area contributed by atoms with E-state index in [-0.39, 0.29) is 6.04 Å². The van der Waals surface area contributed by atoms with Crippen molar-refractivity contribution in [3.05, 3.63) is 59.9 Å². The van der Waals surface area contributed by atoms with Crippen molar-refractivity contribution >= 4 is 0 Å². The minimum atomic E-state index is -0.0556. The first-order chi connectivity index (χ1) is 8.29. The number of hydrogen-bond donors (Lipinski definition) is 1. The average molecular weight is 228 g/mol. The third-order valence-electron chi connectivity index (χ3n) is 2.68. The van der Waals surface area contributed by atoms with Crippen LogP contribution in [0.15, 0.2) is 48.7 Å². The van der Waals surface area contributed by atoms with E-state index in [2.05, 4.69) is 4.98 Å². The highest BCUT2D eigenvalue weighted by Gasteiger charge is 2.08. The van der Waals surface area contributed by atoms with Gasteiger partial charge in [-0.1, -0.05) is 18.2 Å². The zero-order valence-electron chi connectivity index (χ0n) is 9.84. The predicted molar refractivity (Wildman–Crippen MR) is 67.9 cm³/mol. The largest absolute Gasteiger partial charge is 0.497 e. The molecule has 0 spiro atoms. The van der Waals surface area contributed by atoms with Gasteiger partial charge in [-0.2, -0.15) is 0 Å². The molecule has 0 saturated carbocycles. The third-order valence-corrected chi connectivity index (χ3v) is 2.68. The highest BCUT2D eigenvalue weighted by Crippen LogP contribution is 2.19. The van der Waals surface area contributed by atoms with Crippen LogP contribution in [0.25, 0.3) is 0 Å². The molecule has 2 N–H and O–H groups in total. The van der Waals surface area contributed by atoms with E-state index in [0.29, 0.717) is 0 Å². The number of benzene rings is 1. The molecule has 0 radical (unpaired) electrons. The molecule has 2 aromatic rings. The number of nitrogens with zero attached hydrogens (tertiary/aromatic N) is 1. The molecule has 0 aliphatic heterocycles. The Labute approximate surface area is 101 Å². The molecule has 1 atom stereocenters. The number of rotatable bonds is 4. The molecule has 0 aliphatic carbocycles. The lowest BCUT2D eigenvalue weighted by Gasteiger charge is -2.12. The second-order valence-corrected chi connectivity index (χ2v) is 3.91. The van der Waals surface area contributed by atoms with Crippen molar-refractivity contribution in [3.8, 4) is 5.75 Å². The molecule has 0 aliphatic rings. The first kappa shape index (κ1) is 11.6. The van der Waals surface area contributed by atoms with Gasteiger partial charge in [-0.05, 0) is 29.8 Å². The van der Waals surface area contributed by atoms with Gasteiger partial charge < -0.3 is 10.5 Å². The fraction of sp³-hybridized carbons (Fsp3) is 0.214. The van der Waals surface area contributed by atoms with E-state index in [1.165, 1.54) is 0 Å². The van der Waals surface area contributed by atoms with Crippen LogP contribution in [0.1, 0.15) is 17.3 Å². The Morgan fingerprint density at radius 2 is 2.12 bits per heavy atom. The van der Waals surface area contributed by atoms with Crippen molar-refractivity contribution in [1.29, 1.82) is 0 Å². The van der Waals surface area contributed by atoms with Gasteiger partial charge in [0.2, 0.25) is 0 Å². The fourth-order valence-corrected chi connectivity index (χ4v) is 1.73. The number of methoxy groups -OCH3 is 1. The summed E-state index contributed by atoms with van der Waals surface area (Å²) in [5.41, 5.74) is 8.22. The minimum absolute atomic E-state index is 0.0556.